The topological polar surface area (TPSA) is 84.3 Å². The number of nitrogens with zero attached hydrogens (tertiary/aromatic N) is 3. The monoisotopic (exact) mass is 476 g/mol. The van der Waals surface area contributed by atoms with Crippen LogP contribution in [0.2, 0.25) is 5.02 Å². The Bertz CT molecular complexity index is 1210. The summed E-state index contributed by atoms with van der Waals surface area (Å²) in [5.41, 5.74) is 0.986. The maximum atomic E-state index is 14.0. The maximum Gasteiger partial charge on any atom is 0.245 e. The zero-order valence-electron chi connectivity index (χ0n) is 17.1. The van der Waals surface area contributed by atoms with Gasteiger partial charge in [0.2, 0.25) is 15.9 Å². The predicted molar refractivity (Wildman–Crippen MR) is 119 cm³/mol. The summed E-state index contributed by atoms with van der Waals surface area (Å²) in [5.74, 6) is -0.751. The number of rotatable bonds is 6. The van der Waals surface area contributed by atoms with Crippen LogP contribution in [0.15, 0.2) is 65.7 Å². The van der Waals surface area contributed by atoms with Crippen molar-refractivity contribution >= 4 is 33.3 Å². The van der Waals surface area contributed by atoms with E-state index in [1.54, 1.807) is 29.1 Å². The number of anilines is 1. The van der Waals surface area contributed by atoms with Gasteiger partial charge in [-0.25, -0.2) is 17.5 Å². The average Bonchev–Trinajstić information content (AvgIpc) is 3.22. The molecule has 0 spiro atoms. The Morgan fingerprint density at radius 3 is 2.47 bits per heavy atom. The fourth-order valence-electron chi connectivity index (χ4n) is 3.71. The molecule has 0 bridgehead atoms. The first-order chi connectivity index (χ1) is 15.3. The molecule has 1 aliphatic rings. The van der Waals surface area contributed by atoms with Gasteiger partial charge < -0.3 is 5.32 Å². The van der Waals surface area contributed by atoms with E-state index >= 15 is 0 Å². The number of sulfonamides is 1. The Morgan fingerprint density at radius 2 is 1.78 bits per heavy atom. The highest BCUT2D eigenvalue weighted by Gasteiger charge is 2.33. The number of halogens is 2. The molecule has 1 N–H and O–H groups in total. The summed E-state index contributed by atoms with van der Waals surface area (Å²) in [6.07, 6.45) is 2.31. The number of nitrogens with one attached hydrogen (secondary N) is 1. The fraction of sp³-hybridized carbons (Fsp3) is 0.273. The first-order valence-corrected chi connectivity index (χ1v) is 12.0. The van der Waals surface area contributed by atoms with Gasteiger partial charge in [0.1, 0.15) is 16.5 Å². The Morgan fingerprint density at radius 1 is 1.09 bits per heavy atom. The number of hydrogen-bond acceptors (Lipinski definition) is 4. The maximum absolute atomic E-state index is 14.0. The lowest BCUT2D eigenvalue weighted by Crippen LogP contribution is -2.41. The van der Waals surface area contributed by atoms with Crippen molar-refractivity contribution in [1.82, 2.24) is 14.1 Å². The van der Waals surface area contributed by atoms with Crippen LogP contribution in [0.1, 0.15) is 18.4 Å². The van der Waals surface area contributed by atoms with Gasteiger partial charge in [0.15, 0.2) is 0 Å². The van der Waals surface area contributed by atoms with Gasteiger partial charge in [-0.3, -0.25) is 4.79 Å². The zero-order chi connectivity index (χ0) is 22.7. The lowest BCUT2D eigenvalue weighted by Gasteiger charge is -2.30. The molecule has 32 heavy (non-hydrogen) atoms. The van der Waals surface area contributed by atoms with Crippen LogP contribution in [0.4, 0.5) is 10.2 Å². The van der Waals surface area contributed by atoms with Crippen LogP contribution in [-0.2, 0) is 21.4 Å². The second-order valence-corrected chi connectivity index (χ2v) is 9.94. The molecule has 10 heteroatoms. The smallest absolute Gasteiger partial charge is 0.245 e. The number of carbonyl (C=O) groups is 1. The molecule has 3 aromatic rings. The van der Waals surface area contributed by atoms with Crippen LogP contribution in [0.3, 0.4) is 0 Å². The van der Waals surface area contributed by atoms with E-state index in [1.165, 1.54) is 22.5 Å². The van der Waals surface area contributed by atoms with Gasteiger partial charge in [-0.05, 0) is 42.7 Å². The molecule has 4 rings (SSSR count). The Hall–Kier alpha value is -2.75. The summed E-state index contributed by atoms with van der Waals surface area (Å²) in [4.78, 5) is 12.5. The van der Waals surface area contributed by atoms with Gasteiger partial charge in [-0.1, -0.05) is 35.9 Å². The van der Waals surface area contributed by atoms with Gasteiger partial charge in [0.25, 0.3) is 0 Å². The second kappa shape index (κ2) is 9.40. The standard InChI is InChI=1S/C22H22ClFN4O3S/c23-18-7-5-16(6-8-18)15-28-21(9-12-25-28)26-22(29)17-10-13-27(14-11-17)32(30,31)20-4-2-1-3-19(20)24/h1-9,12,17H,10-11,13-15H2,(H,26,29). The average molecular weight is 477 g/mol. The van der Waals surface area contributed by atoms with E-state index in [1.807, 2.05) is 12.1 Å². The van der Waals surface area contributed by atoms with Crippen molar-refractivity contribution in [2.24, 2.45) is 5.92 Å². The molecule has 2 heterocycles. The van der Waals surface area contributed by atoms with Crippen molar-refractivity contribution in [3.8, 4) is 0 Å². The molecule has 1 fully saturated rings. The van der Waals surface area contributed by atoms with Crippen molar-refractivity contribution in [1.29, 1.82) is 0 Å². The minimum Gasteiger partial charge on any atom is -0.311 e. The van der Waals surface area contributed by atoms with E-state index in [0.29, 0.717) is 30.2 Å². The molecule has 168 valence electrons. The Balaban J connectivity index is 1.37. The van der Waals surface area contributed by atoms with E-state index < -0.39 is 15.8 Å². The molecular weight excluding hydrogens is 455 g/mol. The summed E-state index contributed by atoms with van der Waals surface area (Å²) >= 11 is 5.92. The van der Waals surface area contributed by atoms with Gasteiger partial charge in [0, 0.05) is 30.1 Å². The highest BCUT2D eigenvalue weighted by atomic mass is 35.5. The minimum absolute atomic E-state index is 0.152. The van der Waals surface area contributed by atoms with E-state index in [9.17, 15) is 17.6 Å². The quantitative estimate of drug-likeness (QED) is 0.587. The third-order valence-electron chi connectivity index (χ3n) is 5.49. The molecule has 0 unspecified atom stereocenters. The van der Waals surface area contributed by atoms with Crippen LogP contribution in [0.25, 0.3) is 0 Å². The Labute approximate surface area is 190 Å². The lowest BCUT2D eigenvalue weighted by molar-refractivity contribution is -0.121. The molecule has 0 saturated carbocycles. The van der Waals surface area contributed by atoms with Crippen molar-refractivity contribution in [2.75, 3.05) is 18.4 Å². The van der Waals surface area contributed by atoms with Gasteiger partial charge in [0.05, 0.1) is 12.7 Å². The number of aromatic nitrogens is 2. The Kier molecular flexibility index (Phi) is 6.59. The first-order valence-electron chi connectivity index (χ1n) is 10.2. The summed E-state index contributed by atoms with van der Waals surface area (Å²) in [5, 5.41) is 7.80. The molecule has 1 amide bonds. The zero-order valence-corrected chi connectivity index (χ0v) is 18.7. The van der Waals surface area contributed by atoms with Crippen LogP contribution in [0, 0.1) is 11.7 Å². The van der Waals surface area contributed by atoms with Crippen LogP contribution in [-0.4, -0.2) is 41.5 Å². The number of piperidine rings is 1. The van der Waals surface area contributed by atoms with E-state index in [0.717, 1.165) is 11.6 Å². The largest absolute Gasteiger partial charge is 0.311 e. The van der Waals surface area contributed by atoms with Crippen LogP contribution >= 0.6 is 11.6 Å². The molecular formula is C22H22ClFN4O3S. The normalized spacial score (nSPS) is 15.6. The summed E-state index contributed by atoms with van der Waals surface area (Å²) in [7, 11) is -3.93. The lowest BCUT2D eigenvalue weighted by atomic mass is 9.97. The molecule has 0 atom stereocenters. The second-order valence-electron chi connectivity index (χ2n) is 7.60. The van der Waals surface area contributed by atoms with Crippen molar-refractivity contribution in [3.05, 3.63) is 77.2 Å². The molecule has 1 saturated heterocycles. The van der Waals surface area contributed by atoms with Gasteiger partial charge in [-0.2, -0.15) is 9.40 Å². The number of carbonyl (C=O) groups excluding carboxylic acids is 1. The van der Waals surface area contributed by atoms with E-state index in [2.05, 4.69) is 10.4 Å². The van der Waals surface area contributed by atoms with Gasteiger partial charge >= 0.3 is 0 Å². The first kappa shape index (κ1) is 22.4. The van der Waals surface area contributed by atoms with Crippen molar-refractivity contribution in [3.63, 3.8) is 0 Å². The summed E-state index contributed by atoms with van der Waals surface area (Å²) in [6.45, 7) is 0.774. The SMILES string of the molecule is O=C(Nc1ccnn1Cc1ccc(Cl)cc1)C1CCN(S(=O)(=O)c2ccccc2F)CC1. The third-order valence-corrected chi connectivity index (χ3v) is 7.68. The highest BCUT2D eigenvalue weighted by molar-refractivity contribution is 7.89. The molecule has 1 aliphatic heterocycles. The fourth-order valence-corrected chi connectivity index (χ4v) is 5.37. The molecule has 1 aromatic heterocycles. The minimum atomic E-state index is -3.93. The van der Waals surface area contributed by atoms with Gasteiger partial charge in [-0.15, -0.1) is 0 Å². The summed E-state index contributed by atoms with van der Waals surface area (Å²) < 4.78 is 42.4. The molecule has 7 nitrogen and oxygen atoms in total. The van der Waals surface area contributed by atoms with Crippen molar-refractivity contribution in [2.45, 2.75) is 24.3 Å². The number of benzene rings is 2. The number of hydrogen-bond donors (Lipinski definition) is 1. The van der Waals surface area contributed by atoms with Crippen LogP contribution in [0.5, 0.6) is 0 Å². The molecule has 2 aromatic carbocycles. The van der Waals surface area contributed by atoms with Crippen LogP contribution < -0.4 is 5.32 Å². The number of amides is 1. The molecule has 0 aliphatic carbocycles. The summed E-state index contributed by atoms with van der Waals surface area (Å²) in [6, 6.07) is 14.4. The molecule has 0 radical (unpaired) electrons. The predicted octanol–water partition coefficient (Wildman–Crippen LogP) is 3.76. The van der Waals surface area contributed by atoms with E-state index in [-0.39, 0.29) is 29.8 Å². The van der Waals surface area contributed by atoms with E-state index in [4.69, 9.17) is 11.6 Å². The van der Waals surface area contributed by atoms with Crippen molar-refractivity contribution < 1.29 is 17.6 Å². The third kappa shape index (κ3) is 4.85. The highest BCUT2D eigenvalue weighted by Crippen LogP contribution is 2.26.